The van der Waals surface area contributed by atoms with Gasteiger partial charge in [0.2, 0.25) is 5.91 Å². The Hall–Kier alpha value is -2.83. The number of para-hydroxylation sites is 2. The highest BCUT2D eigenvalue weighted by Gasteiger charge is 2.28. The summed E-state index contributed by atoms with van der Waals surface area (Å²) >= 11 is 0. The maximum atomic E-state index is 12.6. The number of nitrogens with one attached hydrogen (secondary N) is 1. The molecule has 2 aliphatic rings. The molecule has 0 unspecified atom stereocenters. The van der Waals surface area contributed by atoms with E-state index in [9.17, 15) is 4.79 Å². The van der Waals surface area contributed by atoms with Gasteiger partial charge >= 0.3 is 0 Å². The summed E-state index contributed by atoms with van der Waals surface area (Å²) in [6.45, 7) is 2.44. The molecule has 0 saturated carbocycles. The molecule has 26 heavy (non-hydrogen) atoms. The second-order valence-electron chi connectivity index (χ2n) is 6.59. The molecule has 0 spiro atoms. The third kappa shape index (κ3) is 3.71. The molecule has 2 aromatic rings. The Morgan fingerprint density at radius 2 is 2.15 bits per heavy atom. The van der Waals surface area contributed by atoms with Crippen molar-refractivity contribution in [1.29, 1.82) is 0 Å². The number of benzene rings is 1. The summed E-state index contributed by atoms with van der Waals surface area (Å²) in [5, 5.41) is 3.02. The predicted molar refractivity (Wildman–Crippen MR) is 96.3 cm³/mol. The Bertz CT molecular complexity index is 755. The first-order valence-corrected chi connectivity index (χ1v) is 8.97. The van der Waals surface area contributed by atoms with E-state index in [4.69, 9.17) is 9.47 Å². The zero-order chi connectivity index (χ0) is 17.8. The third-order valence-corrected chi connectivity index (χ3v) is 4.74. The van der Waals surface area contributed by atoms with Gasteiger partial charge in [-0.05, 0) is 25.0 Å². The van der Waals surface area contributed by atoms with Crippen LogP contribution < -0.4 is 19.7 Å². The van der Waals surface area contributed by atoms with Crippen molar-refractivity contribution in [2.24, 2.45) is 5.92 Å². The van der Waals surface area contributed by atoms with E-state index < -0.39 is 0 Å². The Morgan fingerprint density at radius 3 is 3.00 bits per heavy atom. The summed E-state index contributed by atoms with van der Waals surface area (Å²) in [7, 11) is 0. The smallest absolute Gasteiger partial charge is 0.225 e. The fraction of sp³-hybridized carbons (Fsp3) is 0.421. The number of ether oxygens (including phenoxy) is 2. The molecule has 7 heteroatoms. The first-order chi connectivity index (χ1) is 12.8. The third-order valence-electron chi connectivity index (χ3n) is 4.74. The van der Waals surface area contributed by atoms with Crippen molar-refractivity contribution < 1.29 is 14.3 Å². The molecular weight excluding hydrogens is 332 g/mol. The predicted octanol–water partition coefficient (Wildman–Crippen LogP) is 1.65. The Kier molecular flexibility index (Phi) is 4.86. The summed E-state index contributed by atoms with van der Waals surface area (Å²) in [5.74, 6) is 2.31. The van der Waals surface area contributed by atoms with Gasteiger partial charge in [-0.2, -0.15) is 0 Å². The average molecular weight is 354 g/mol. The van der Waals surface area contributed by atoms with Gasteiger partial charge in [0.15, 0.2) is 11.5 Å². The van der Waals surface area contributed by atoms with Gasteiger partial charge in [-0.15, -0.1) is 0 Å². The number of carbonyl (C=O) groups is 1. The number of rotatable bonds is 4. The van der Waals surface area contributed by atoms with Crippen LogP contribution in [-0.2, 0) is 4.79 Å². The number of hydrogen-bond donors (Lipinski definition) is 1. The lowest BCUT2D eigenvalue weighted by molar-refractivity contribution is -0.125. The number of aromatic nitrogens is 2. The topological polar surface area (TPSA) is 76.6 Å². The van der Waals surface area contributed by atoms with Crippen LogP contribution in [0.5, 0.6) is 11.5 Å². The SMILES string of the molecule is O=C(NC[C@@H]1COc2ccccc2O1)[C@@H]1CCCN(c2cnccn2)C1. The van der Waals surface area contributed by atoms with Gasteiger partial charge in [-0.1, -0.05) is 12.1 Å². The maximum absolute atomic E-state index is 12.6. The van der Waals surface area contributed by atoms with Crippen molar-refractivity contribution in [2.75, 3.05) is 31.1 Å². The Morgan fingerprint density at radius 1 is 1.27 bits per heavy atom. The molecular formula is C19H22N4O3. The van der Waals surface area contributed by atoms with E-state index in [1.807, 2.05) is 24.3 Å². The summed E-state index contributed by atoms with van der Waals surface area (Å²) in [5.41, 5.74) is 0. The highest BCUT2D eigenvalue weighted by Crippen LogP contribution is 2.30. The van der Waals surface area contributed by atoms with Gasteiger partial charge in [0.25, 0.3) is 0 Å². The van der Waals surface area contributed by atoms with Crippen molar-refractivity contribution >= 4 is 11.7 Å². The number of anilines is 1. The summed E-state index contributed by atoms with van der Waals surface area (Å²) in [6.07, 6.45) is 6.75. The van der Waals surface area contributed by atoms with Gasteiger partial charge in [-0.25, -0.2) is 4.98 Å². The fourth-order valence-electron chi connectivity index (χ4n) is 3.38. The van der Waals surface area contributed by atoms with Crippen LogP contribution in [0.15, 0.2) is 42.9 Å². The summed E-state index contributed by atoms with van der Waals surface area (Å²) in [4.78, 5) is 23.2. The number of piperidine rings is 1. The van der Waals surface area contributed by atoms with Crippen LogP contribution in [0.1, 0.15) is 12.8 Å². The fourth-order valence-corrected chi connectivity index (χ4v) is 3.38. The van der Waals surface area contributed by atoms with E-state index in [-0.39, 0.29) is 17.9 Å². The minimum Gasteiger partial charge on any atom is -0.486 e. The molecule has 1 saturated heterocycles. The van der Waals surface area contributed by atoms with Crippen molar-refractivity contribution in [2.45, 2.75) is 18.9 Å². The second-order valence-corrected chi connectivity index (χ2v) is 6.59. The first kappa shape index (κ1) is 16.6. The second kappa shape index (κ2) is 7.59. The minimum atomic E-state index is -0.173. The van der Waals surface area contributed by atoms with Crippen molar-refractivity contribution in [3.8, 4) is 11.5 Å². The zero-order valence-corrected chi connectivity index (χ0v) is 14.5. The van der Waals surface area contributed by atoms with Crippen molar-refractivity contribution in [3.05, 3.63) is 42.9 Å². The number of carbonyl (C=O) groups excluding carboxylic acids is 1. The van der Waals surface area contributed by atoms with Crippen LogP contribution >= 0.6 is 0 Å². The van der Waals surface area contributed by atoms with Gasteiger partial charge < -0.3 is 19.7 Å². The molecule has 1 N–H and O–H groups in total. The van der Waals surface area contributed by atoms with Gasteiger partial charge in [-0.3, -0.25) is 9.78 Å². The lowest BCUT2D eigenvalue weighted by atomic mass is 9.97. The van der Waals surface area contributed by atoms with Crippen molar-refractivity contribution in [1.82, 2.24) is 15.3 Å². The lowest BCUT2D eigenvalue weighted by Gasteiger charge is -2.33. The number of amides is 1. The van der Waals surface area contributed by atoms with Gasteiger partial charge in [0.1, 0.15) is 18.5 Å². The quantitative estimate of drug-likeness (QED) is 0.900. The van der Waals surface area contributed by atoms with E-state index >= 15 is 0 Å². The van der Waals surface area contributed by atoms with E-state index in [1.54, 1.807) is 18.6 Å². The molecule has 1 fully saturated rings. The van der Waals surface area contributed by atoms with Gasteiger partial charge in [0, 0.05) is 25.5 Å². The Labute approximate surface area is 152 Å². The lowest BCUT2D eigenvalue weighted by Crippen LogP contribution is -2.47. The van der Waals surface area contributed by atoms with E-state index in [0.717, 1.165) is 36.7 Å². The molecule has 7 nitrogen and oxygen atoms in total. The molecule has 1 aromatic heterocycles. The molecule has 3 heterocycles. The molecule has 2 aliphatic heterocycles. The monoisotopic (exact) mass is 354 g/mol. The highest BCUT2D eigenvalue weighted by molar-refractivity contribution is 5.79. The molecule has 2 atom stereocenters. The molecule has 136 valence electrons. The summed E-state index contributed by atoms with van der Waals surface area (Å²) < 4.78 is 11.6. The van der Waals surface area contributed by atoms with E-state index in [0.29, 0.717) is 19.7 Å². The Balaban J connectivity index is 1.30. The molecule has 0 bridgehead atoms. The molecule has 0 radical (unpaired) electrons. The number of nitrogens with zero attached hydrogens (tertiary/aromatic N) is 3. The minimum absolute atomic E-state index is 0.0532. The van der Waals surface area contributed by atoms with E-state index in [2.05, 4.69) is 20.2 Å². The maximum Gasteiger partial charge on any atom is 0.225 e. The number of hydrogen-bond acceptors (Lipinski definition) is 6. The number of fused-ring (bicyclic) bond motifs is 1. The van der Waals surface area contributed by atoms with Crippen LogP contribution in [0.25, 0.3) is 0 Å². The molecule has 1 aromatic carbocycles. The van der Waals surface area contributed by atoms with E-state index in [1.165, 1.54) is 0 Å². The van der Waals surface area contributed by atoms with Crippen molar-refractivity contribution in [3.63, 3.8) is 0 Å². The zero-order valence-electron chi connectivity index (χ0n) is 14.5. The van der Waals surface area contributed by atoms with Crippen LogP contribution in [0.2, 0.25) is 0 Å². The van der Waals surface area contributed by atoms with Crippen LogP contribution in [0.3, 0.4) is 0 Å². The molecule has 1 amide bonds. The van der Waals surface area contributed by atoms with Gasteiger partial charge in [0.05, 0.1) is 18.7 Å². The highest BCUT2D eigenvalue weighted by atomic mass is 16.6. The largest absolute Gasteiger partial charge is 0.486 e. The molecule has 4 rings (SSSR count). The van der Waals surface area contributed by atoms with Crippen LogP contribution in [0.4, 0.5) is 5.82 Å². The van der Waals surface area contributed by atoms with Crippen LogP contribution in [0, 0.1) is 5.92 Å². The normalized spacial score (nSPS) is 21.9. The van der Waals surface area contributed by atoms with Crippen LogP contribution in [-0.4, -0.2) is 48.2 Å². The average Bonchev–Trinajstić information content (AvgIpc) is 2.72. The molecule has 0 aliphatic carbocycles. The first-order valence-electron chi connectivity index (χ1n) is 8.97. The standard InChI is InChI=1S/C19H22N4O3/c24-19(14-4-3-9-23(12-14)18-11-20-7-8-21-18)22-10-15-13-25-16-5-1-2-6-17(16)26-15/h1-2,5-8,11,14-15H,3-4,9-10,12-13H2,(H,22,24)/t14-,15-/m1/s1. The summed E-state index contributed by atoms with van der Waals surface area (Å²) in [6, 6.07) is 7.58.